The van der Waals surface area contributed by atoms with Gasteiger partial charge < -0.3 is 9.88 Å². The first-order valence-electron chi connectivity index (χ1n) is 15.3. The van der Waals surface area contributed by atoms with Gasteiger partial charge in [-0.05, 0) is 74.5 Å². The minimum absolute atomic E-state index is 0.149. The van der Waals surface area contributed by atoms with Gasteiger partial charge in [-0.15, -0.1) is 0 Å². The van der Waals surface area contributed by atoms with Crippen LogP contribution in [0.1, 0.15) is 78.9 Å². The van der Waals surface area contributed by atoms with E-state index in [-0.39, 0.29) is 5.91 Å². The van der Waals surface area contributed by atoms with Gasteiger partial charge in [0.05, 0.1) is 0 Å². The Balaban J connectivity index is 1.10. The van der Waals surface area contributed by atoms with Crippen molar-refractivity contribution in [1.82, 2.24) is 19.7 Å². The number of benzene rings is 2. The number of halogens is 2. The molecule has 2 aliphatic heterocycles. The third-order valence-electron chi connectivity index (χ3n) is 9.64. The van der Waals surface area contributed by atoms with Crippen LogP contribution in [0.25, 0.3) is 10.9 Å². The number of hydrogen-bond donors (Lipinski definition) is 1. The molecule has 1 aromatic heterocycles. The van der Waals surface area contributed by atoms with Crippen molar-refractivity contribution in [3.05, 3.63) is 69.3 Å². The summed E-state index contributed by atoms with van der Waals surface area (Å²) in [5.41, 5.74) is 4.04. The highest BCUT2D eigenvalue weighted by Gasteiger charge is 2.29. The Morgan fingerprint density at radius 2 is 1.50 bits per heavy atom. The van der Waals surface area contributed by atoms with E-state index in [0.717, 1.165) is 102 Å². The number of nitrogens with one attached hydrogen (secondary N) is 1. The minimum atomic E-state index is 0.149. The molecular weight excluding hydrogens is 539 g/mol. The topological polar surface area (TPSA) is 42.6 Å². The van der Waals surface area contributed by atoms with E-state index in [1.54, 1.807) is 0 Å². The van der Waals surface area contributed by atoms with E-state index >= 15 is 0 Å². The van der Waals surface area contributed by atoms with Crippen molar-refractivity contribution in [1.29, 1.82) is 0 Å². The van der Waals surface area contributed by atoms with Crippen molar-refractivity contribution in [2.24, 2.45) is 5.92 Å². The monoisotopic (exact) mass is 580 g/mol. The molecule has 1 aliphatic carbocycles. The first-order chi connectivity index (χ1) is 19.6. The number of amides is 1. The molecule has 1 saturated carbocycles. The van der Waals surface area contributed by atoms with Gasteiger partial charge in [0.15, 0.2) is 0 Å². The van der Waals surface area contributed by atoms with Gasteiger partial charge in [0.25, 0.3) is 5.91 Å². The average molecular weight is 582 g/mol. The predicted molar refractivity (Wildman–Crippen MR) is 166 cm³/mol. The Morgan fingerprint density at radius 3 is 2.23 bits per heavy atom. The summed E-state index contributed by atoms with van der Waals surface area (Å²) in [7, 11) is 0. The van der Waals surface area contributed by atoms with Gasteiger partial charge in [0.2, 0.25) is 0 Å². The summed E-state index contributed by atoms with van der Waals surface area (Å²) >= 11 is 13.0. The Labute approximate surface area is 248 Å². The SMILES string of the molecule is O=C(c1[nH]c2ccccc2c1CN1CCC(c2c(Cl)cccc2Cl)CC1)N1CCN(CCC2CCCCC2)CC1. The molecule has 1 N–H and O–H groups in total. The third-order valence-corrected chi connectivity index (χ3v) is 10.3. The Kier molecular flexibility index (Phi) is 9.03. The first-order valence-corrected chi connectivity index (χ1v) is 16.1. The summed E-state index contributed by atoms with van der Waals surface area (Å²) < 4.78 is 0. The molecule has 3 aliphatic rings. The lowest BCUT2D eigenvalue weighted by Gasteiger charge is -2.36. The molecule has 2 saturated heterocycles. The molecule has 214 valence electrons. The normalized spacial score (nSPS) is 20.4. The summed E-state index contributed by atoms with van der Waals surface area (Å²) in [6.07, 6.45) is 10.4. The van der Waals surface area contributed by atoms with Gasteiger partial charge in [0, 0.05) is 59.2 Å². The highest BCUT2D eigenvalue weighted by molar-refractivity contribution is 6.36. The number of rotatable bonds is 7. The number of piperidine rings is 1. The number of likely N-dealkylation sites (tertiary alicyclic amines) is 1. The van der Waals surface area contributed by atoms with Crippen LogP contribution in [0.15, 0.2) is 42.5 Å². The molecule has 1 amide bonds. The molecule has 3 aromatic rings. The van der Waals surface area contributed by atoms with Gasteiger partial charge in [-0.25, -0.2) is 0 Å². The maximum absolute atomic E-state index is 13.9. The maximum Gasteiger partial charge on any atom is 0.270 e. The lowest BCUT2D eigenvalue weighted by molar-refractivity contribution is 0.0620. The fourth-order valence-electron chi connectivity index (χ4n) is 7.22. The second-order valence-corrected chi connectivity index (χ2v) is 13.0. The average Bonchev–Trinajstić information content (AvgIpc) is 3.35. The molecule has 7 heteroatoms. The number of carbonyl (C=O) groups excluding carboxylic acids is 1. The zero-order valence-electron chi connectivity index (χ0n) is 23.5. The number of fused-ring (bicyclic) bond motifs is 1. The van der Waals surface area contributed by atoms with Crippen LogP contribution in [0.5, 0.6) is 0 Å². The second-order valence-electron chi connectivity index (χ2n) is 12.1. The zero-order chi connectivity index (χ0) is 27.5. The number of aromatic amines is 1. The van der Waals surface area contributed by atoms with Crippen LogP contribution in [-0.2, 0) is 6.54 Å². The van der Waals surface area contributed by atoms with E-state index in [9.17, 15) is 4.79 Å². The zero-order valence-corrected chi connectivity index (χ0v) is 25.0. The van der Waals surface area contributed by atoms with Gasteiger partial charge in [-0.2, -0.15) is 0 Å². The fraction of sp³-hybridized carbons (Fsp3) is 0.545. The van der Waals surface area contributed by atoms with Crippen molar-refractivity contribution in [2.45, 2.75) is 63.8 Å². The molecule has 0 radical (unpaired) electrons. The molecular formula is C33H42Cl2N4O. The molecule has 6 rings (SSSR count). The van der Waals surface area contributed by atoms with E-state index in [0.29, 0.717) is 5.92 Å². The minimum Gasteiger partial charge on any atom is -0.350 e. The fourth-order valence-corrected chi connectivity index (χ4v) is 7.93. The van der Waals surface area contributed by atoms with Crippen molar-refractivity contribution < 1.29 is 4.79 Å². The van der Waals surface area contributed by atoms with E-state index in [1.807, 2.05) is 24.3 Å². The lowest BCUT2D eigenvalue weighted by Crippen LogP contribution is -2.49. The van der Waals surface area contributed by atoms with Crippen molar-refractivity contribution in [2.75, 3.05) is 45.8 Å². The number of H-pyrrole nitrogens is 1. The van der Waals surface area contributed by atoms with Crippen molar-refractivity contribution >= 4 is 40.0 Å². The van der Waals surface area contributed by atoms with Crippen LogP contribution in [0.2, 0.25) is 10.0 Å². The Bertz CT molecular complexity index is 1280. The smallest absolute Gasteiger partial charge is 0.270 e. The number of carbonyl (C=O) groups is 1. The van der Waals surface area contributed by atoms with Crippen LogP contribution in [0, 0.1) is 5.92 Å². The summed E-state index contributed by atoms with van der Waals surface area (Å²) in [5.74, 6) is 1.43. The van der Waals surface area contributed by atoms with Gasteiger partial charge in [-0.3, -0.25) is 14.6 Å². The highest BCUT2D eigenvalue weighted by atomic mass is 35.5. The molecule has 0 bridgehead atoms. The first kappa shape index (κ1) is 28.1. The van der Waals surface area contributed by atoms with E-state index in [4.69, 9.17) is 23.2 Å². The molecule has 5 nitrogen and oxygen atoms in total. The molecule has 40 heavy (non-hydrogen) atoms. The van der Waals surface area contributed by atoms with E-state index in [1.165, 1.54) is 45.1 Å². The summed E-state index contributed by atoms with van der Waals surface area (Å²) in [6, 6.07) is 14.1. The quantitative estimate of drug-likeness (QED) is 0.313. The van der Waals surface area contributed by atoms with Crippen LogP contribution in [-0.4, -0.2) is 71.4 Å². The maximum atomic E-state index is 13.9. The number of hydrogen-bond acceptors (Lipinski definition) is 3. The number of piperazine rings is 1. The summed E-state index contributed by atoms with van der Waals surface area (Å²) in [5, 5.41) is 2.70. The van der Waals surface area contributed by atoms with E-state index < -0.39 is 0 Å². The summed E-state index contributed by atoms with van der Waals surface area (Å²) in [4.78, 5) is 24.5. The number of aromatic nitrogens is 1. The summed E-state index contributed by atoms with van der Waals surface area (Å²) in [6.45, 7) is 7.44. The van der Waals surface area contributed by atoms with Crippen LogP contribution < -0.4 is 0 Å². The van der Waals surface area contributed by atoms with Crippen molar-refractivity contribution in [3.63, 3.8) is 0 Å². The predicted octanol–water partition coefficient (Wildman–Crippen LogP) is 7.58. The highest BCUT2D eigenvalue weighted by Crippen LogP contribution is 2.38. The molecule has 0 spiro atoms. The lowest BCUT2D eigenvalue weighted by atomic mass is 9.87. The van der Waals surface area contributed by atoms with Crippen LogP contribution >= 0.6 is 23.2 Å². The van der Waals surface area contributed by atoms with Gasteiger partial charge in [-0.1, -0.05) is 79.6 Å². The Hall–Kier alpha value is -2.05. The van der Waals surface area contributed by atoms with E-state index in [2.05, 4.69) is 37.9 Å². The molecule has 2 aromatic carbocycles. The molecule has 0 atom stereocenters. The number of nitrogens with zero attached hydrogens (tertiary/aromatic N) is 3. The Morgan fingerprint density at radius 1 is 0.800 bits per heavy atom. The van der Waals surface area contributed by atoms with Crippen LogP contribution in [0.3, 0.4) is 0 Å². The molecule has 3 heterocycles. The van der Waals surface area contributed by atoms with Gasteiger partial charge in [0.1, 0.15) is 5.69 Å². The standard InChI is InChI=1S/C33H42Cl2N4O/c34-28-10-6-11-29(35)31(28)25-14-17-38(18-15-25)23-27-26-9-4-5-12-30(26)36-32(27)33(40)39-21-19-37(20-22-39)16-13-24-7-2-1-3-8-24/h4-6,9-12,24-25,36H,1-3,7-8,13-23H2. The second kappa shape index (κ2) is 12.9. The van der Waals surface area contributed by atoms with Gasteiger partial charge >= 0.3 is 0 Å². The largest absolute Gasteiger partial charge is 0.350 e. The van der Waals surface area contributed by atoms with Crippen molar-refractivity contribution in [3.8, 4) is 0 Å². The molecule has 3 fully saturated rings. The third kappa shape index (κ3) is 6.23. The van der Waals surface area contributed by atoms with Crippen LogP contribution in [0.4, 0.5) is 0 Å². The molecule has 0 unspecified atom stereocenters. The number of para-hydroxylation sites is 1.